The summed E-state index contributed by atoms with van der Waals surface area (Å²) in [5.41, 5.74) is -0.116. The van der Waals surface area contributed by atoms with Crippen LogP contribution in [-0.4, -0.2) is 28.3 Å². The van der Waals surface area contributed by atoms with E-state index in [1.807, 2.05) is 24.3 Å². The number of thiazole rings is 1. The number of ketones is 1. The standard InChI is InChI=1S/C23H20N2O5S/c1-12(26)18-19-14-8-4-5-9-15(14)30-23(18,2)24-22-25(19)21(28)17(31-22)11-13-7-6-10-16(29-3)20(13)27/h4-11,18-19,27H,1-3H3/b17-11-/t18-,19-,23+/m0/s1. The van der Waals surface area contributed by atoms with Crippen LogP contribution in [-0.2, 0) is 4.79 Å². The van der Waals surface area contributed by atoms with Gasteiger partial charge in [-0.05, 0) is 32.1 Å². The largest absolute Gasteiger partial charge is 0.504 e. The number of nitrogens with zero attached hydrogens (tertiary/aromatic N) is 2. The van der Waals surface area contributed by atoms with Crippen molar-refractivity contribution in [2.24, 2.45) is 10.9 Å². The van der Waals surface area contributed by atoms with Crippen LogP contribution in [0.3, 0.4) is 0 Å². The quantitative estimate of drug-likeness (QED) is 0.678. The molecule has 2 aliphatic heterocycles. The maximum absolute atomic E-state index is 13.5. The molecule has 158 valence electrons. The lowest BCUT2D eigenvalue weighted by atomic mass is 9.79. The molecule has 0 unspecified atom stereocenters. The molecule has 0 amide bonds. The predicted octanol–water partition coefficient (Wildman–Crippen LogP) is 1.99. The summed E-state index contributed by atoms with van der Waals surface area (Å²) < 4.78 is 13.3. The topological polar surface area (TPSA) is 90.1 Å². The molecule has 0 fully saturated rings. The van der Waals surface area contributed by atoms with Crippen molar-refractivity contribution >= 4 is 23.2 Å². The Hall–Kier alpha value is -3.39. The second kappa shape index (κ2) is 6.81. The van der Waals surface area contributed by atoms with Crippen LogP contribution in [0.25, 0.3) is 6.08 Å². The van der Waals surface area contributed by atoms with Crippen molar-refractivity contribution in [3.63, 3.8) is 0 Å². The molecule has 3 atom stereocenters. The summed E-state index contributed by atoms with van der Waals surface area (Å²) in [6, 6.07) is 12.0. The molecule has 1 aromatic heterocycles. The average molecular weight is 436 g/mol. The van der Waals surface area contributed by atoms with E-state index in [1.54, 1.807) is 35.8 Å². The number of para-hydroxylation sites is 2. The molecule has 0 radical (unpaired) electrons. The van der Waals surface area contributed by atoms with Gasteiger partial charge >= 0.3 is 0 Å². The van der Waals surface area contributed by atoms with Gasteiger partial charge in [-0.2, -0.15) is 0 Å². The molecular weight excluding hydrogens is 416 g/mol. The van der Waals surface area contributed by atoms with Crippen molar-refractivity contribution in [2.75, 3.05) is 7.11 Å². The number of rotatable bonds is 3. The third-order valence-corrected chi connectivity index (χ3v) is 6.84. The summed E-state index contributed by atoms with van der Waals surface area (Å²) in [6.07, 6.45) is 1.62. The minimum absolute atomic E-state index is 0.0429. The number of aromatic hydroxyl groups is 1. The number of fused-ring (bicyclic) bond motifs is 6. The Morgan fingerprint density at radius 1 is 1.29 bits per heavy atom. The van der Waals surface area contributed by atoms with Crippen LogP contribution in [0.4, 0.5) is 0 Å². The Morgan fingerprint density at radius 3 is 2.81 bits per heavy atom. The van der Waals surface area contributed by atoms with Crippen LogP contribution in [0.15, 0.2) is 52.3 Å². The molecule has 0 saturated heterocycles. The van der Waals surface area contributed by atoms with Crippen molar-refractivity contribution in [2.45, 2.75) is 25.6 Å². The van der Waals surface area contributed by atoms with Gasteiger partial charge in [-0.3, -0.25) is 14.2 Å². The van der Waals surface area contributed by atoms with Crippen molar-refractivity contribution < 1.29 is 19.4 Å². The maximum Gasteiger partial charge on any atom is 0.270 e. The normalized spacial score (nSPS) is 23.9. The van der Waals surface area contributed by atoms with E-state index in [1.165, 1.54) is 25.4 Å². The van der Waals surface area contributed by atoms with Gasteiger partial charge in [-0.25, -0.2) is 4.99 Å². The molecule has 2 bridgehead atoms. The molecule has 2 aliphatic rings. The summed E-state index contributed by atoms with van der Waals surface area (Å²) in [4.78, 5) is 31.3. The summed E-state index contributed by atoms with van der Waals surface area (Å²) in [6.45, 7) is 3.29. The highest BCUT2D eigenvalue weighted by Gasteiger charge is 2.53. The van der Waals surface area contributed by atoms with Crippen molar-refractivity contribution in [3.05, 3.63) is 73.3 Å². The number of ether oxygens (including phenoxy) is 2. The Balaban J connectivity index is 1.80. The van der Waals surface area contributed by atoms with Gasteiger partial charge in [0.25, 0.3) is 5.56 Å². The second-order valence-corrected chi connectivity index (χ2v) is 8.82. The van der Waals surface area contributed by atoms with Gasteiger partial charge in [0.2, 0.25) is 5.72 Å². The molecule has 0 spiro atoms. The van der Waals surface area contributed by atoms with E-state index in [9.17, 15) is 14.7 Å². The highest BCUT2D eigenvalue weighted by Crippen LogP contribution is 2.47. The number of aromatic nitrogens is 1. The molecule has 3 aromatic rings. The fourth-order valence-electron chi connectivity index (χ4n) is 4.52. The van der Waals surface area contributed by atoms with Crippen molar-refractivity contribution in [3.8, 4) is 17.2 Å². The average Bonchev–Trinajstić information content (AvgIpc) is 3.02. The van der Waals surface area contributed by atoms with Gasteiger partial charge in [0, 0.05) is 11.1 Å². The minimum atomic E-state index is -1.10. The molecule has 8 heteroatoms. The summed E-state index contributed by atoms with van der Waals surface area (Å²) in [5.74, 6) is 0.183. The second-order valence-electron chi connectivity index (χ2n) is 7.81. The van der Waals surface area contributed by atoms with Crippen LogP contribution in [0.1, 0.15) is 31.0 Å². The summed E-state index contributed by atoms with van der Waals surface area (Å²) in [7, 11) is 1.47. The lowest BCUT2D eigenvalue weighted by Gasteiger charge is -2.45. The minimum Gasteiger partial charge on any atom is -0.504 e. The van der Waals surface area contributed by atoms with Crippen molar-refractivity contribution in [1.29, 1.82) is 0 Å². The third-order valence-electron chi connectivity index (χ3n) is 5.85. The number of carbonyl (C=O) groups excluding carboxylic acids is 1. The molecule has 0 aliphatic carbocycles. The highest BCUT2D eigenvalue weighted by atomic mass is 32.1. The number of benzene rings is 2. The summed E-state index contributed by atoms with van der Waals surface area (Å²) >= 11 is 1.21. The van der Waals surface area contributed by atoms with Gasteiger partial charge in [0.05, 0.1) is 17.7 Å². The van der Waals surface area contributed by atoms with E-state index in [2.05, 4.69) is 0 Å². The fourth-order valence-corrected chi connectivity index (χ4v) is 5.61. The highest BCUT2D eigenvalue weighted by molar-refractivity contribution is 7.07. The Kier molecular flexibility index (Phi) is 4.30. The molecule has 3 heterocycles. The van der Waals surface area contributed by atoms with E-state index in [0.29, 0.717) is 26.4 Å². The maximum atomic E-state index is 13.5. The first-order valence-corrected chi connectivity index (χ1v) is 10.6. The monoisotopic (exact) mass is 436 g/mol. The molecule has 31 heavy (non-hydrogen) atoms. The van der Waals surface area contributed by atoms with Crippen LogP contribution in [0.2, 0.25) is 0 Å². The van der Waals surface area contributed by atoms with E-state index < -0.39 is 17.7 Å². The first kappa shape index (κ1) is 19.6. The molecule has 1 N–H and O–H groups in total. The number of hydrogen-bond donors (Lipinski definition) is 1. The van der Waals surface area contributed by atoms with Crippen LogP contribution < -0.4 is 24.4 Å². The van der Waals surface area contributed by atoms with Crippen molar-refractivity contribution in [1.82, 2.24) is 4.57 Å². The van der Waals surface area contributed by atoms with E-state index in [0.717, 1.165) is 5.56 Å². The number of carbonyl (C=O) groups is 1. The molecule has 7 nitrogen and oxygen atoms in total. The SMILES string of the molecule is COc1cccc(/C=c2\sc3n(c2=O)[C@H]2c4ccccc4O[C@@](C)(N=3)[C@H]2C(C)=O)c1O. The third kappa shape index (κ3) is 2.82. The van der Waals surface area contributed by atoms with E-state index >= 15 is 0 Å². The van der Waals surface area contributed by atoms with Gasteiger partial charge in [-0.1, -0.05) is 41.7 Å². The Bertz CT molecular complexity index is 1410. The zero-order valence-corrected chi connectivity index (χ0v) is 18.0. The number of phenols is 1. The fraction of sp³-hybridized carbons (Fsp3) is 0.261. The first-order chi connectivity index (χ1) is 14.8. The molecule has 2 aromatic carbocycles. The first-order valence-electron chi connectivity index (χ1n) is 9.81. The number of Topliss-reactive ketones (excluding diaryl/α,β-unsaturated/α-hetero) is 1. The smallest absolute Gasteiger partial charge is 0.270 e. The lowest BCUT2D eigenvalue weighted by Crippen LogP contribution is -2.58. The predicted molar refractivity (Wildman–Crippen MR) is 115 cm³/mol. The molecular formula is C23H20N2O5S. The van der Waals surface area contributed by atoms with Crippen LogP contribution >= 0.6 is 11.3 Å². The van der Waals surface area contributed by atoms with E-state index in [4.69, 9.17) is 14.5 Å². The van der Waals surface area contributed by atoms with Crippen LogP contribution in [0.5, 0.6) is 17.2 Å². The number of hydrogen-bond acceptors (Lipinski definition) is 7. The molecule has 0 saturated carbocycles. The Morgan fingerprint density at radius 2 is 2.06 bits per heavy atom. The van der Waals surface area contributed by atoms with Gasteiger partial charge in [0.1, 0.15) is 17.5 Å². The van der Waals surface area contributed by atoms with Gasteiger partial charge in [0.15, 0.2) is 16.3 Å². The molecule has 5 rings (SSSR count). The Labute approximate surface area is 181 Å². The number of phenolic OH excluding ortho intramolecular Hbond substituents is 1. The van der Waals surface area contributed by atoms with E-state index in [-0.39, 0.29) is 17.1 Å². The van der Waals surface area contributed by atoms with Gasteiger partial charge in [-0.15, -0.1) is 0 Å². The van der Waals surface area contributed by atoms with Gasteiger partial charge < -0.3 is 14.6 Å². The number of methoxy groups -OCH3 is 1. The summed E-state index contributed by atoms with van der Waals surface area (Å²) in [5, 5.41) is 10.4. The lowest BCUT2D eigenvalue weighted by molar-refractivity contribution is -0.132. The zero-order valence-electron chi connectivity index (χ0n) is 17.2. The van der Waals surface area contributed by atoms with Crippen LogP contribution in [0, 0.1) is 5.92 Å². The zero-order chi connectivity index (χ0) is 21.9.